The molecule has 1 N–H and O–H groups in total. The molecule has 0 saturated heterocycles. The van der Waals surface area contributed by atoms with E-state index in [2.05, 4.69) is 0 Å². The van der Waals surface area contributed by atoms with Crippen molar-refractivity contribution in [3.8, 4) is 11.5 Å². The van der Waals surface area contributed by atoms with Gasteiger partial charge in [0.15, 0.2) is 11.5 Å². The summed E-state index contributed by atoms with van der Waals surface area (Å²) in [6.45, 7) is 0. The second kappa shape index (κ2) is 4.65. The van der Waals surface area contributed by atoms with Gasteiger partial charge in [0.2, 0.25) is 0 Å². The molecule has 0 heterocycles. The van der Waals surface area contributed by atoms with Gasteiger partial charge < -0.3 is 14.6 Å². The number of rotatable bonds is 5. The highest BCUT2D eigenvalue weighted by atomic mass is 19.1. The van der Waals surface area contributed by atoms with Crippen LogP contribution in [0.2, 0.25) is 0 Å². The largest absolute Gasteiger partial charge is 0.493 e. The van der Waals surface area contributed by atoms with Crippen molar-refractivity contribution >= 4 is 5.97 Å². The summed E-state index contributed by atoms with van der Waals surface area (Å²) < 4.78 is 24.8. The fraction of sp³-hybridized carbons (Fsp3) is 0.533. The molecule has 2 saturated carbocycles. The zero-order chi connectivity index (χ0) is 14.3. The lowest BCUT2D eigenvalue weighted by Gasteiger charge is -2.39. The zero-order valence-corrected chi connectivity index (χ0v) is 11.3. The fourth-order valence-electron chi connectivity index (χ4n) is 2.68. The van der Waals surface area contributed by atoms with Gasteiger partial charge in [0.25, 0.3) is 0 Å². The number of carbonyl (C=O) groups is 1. The van der Waals surface area contributed by atoms with Gasteiger partial charge in [0.05, 0.1) is 18.6 Å². The van der Waals surface area contributed by atoms with Gasteiger partial charge in [0.1, 0.15) is 5.82 Å². The van der Waals surface area contributed by atoms with Crippen LogP contribution in [0.4, 0.5) is 4.39 Å². The molecule has 0 unspecified atom stereocenters. The summed E-state index contributed by atoms with van der Waals surface area (Å²) in [5, 5.41) is 9.55. The number of carboxylic acids is 1. The van der Waals surface area contributed by atoms with Gasteiger partial charge in [-0.25, -0.2) is 4.39 Å². The highest BCUT2D eigenvalue weighted by molar-refractivity contribution is 5.84. The number of benzene rings is 1. The summed E-state index contributed by atoms with van der Waals surface area (Å²) in [6, 6.07) is 2.53. The maximum absolute atomic E-state index is 13.8. The van der Waals surface area contributed by atoms with Crippen molar-refractivity contribution < 1.29 is 23.8 Å². The molecular formula is C15H17FO4. The molecule has 2 aliphatic rings. The van der Waals surface area contributed by atoms with Crippen LogP contribution in [-0.2, 0) is 10.2 Å². The third-order valence-electron chi connectivity index (χ3n) is 4.18. The molecule has 108 valence electrons. The normalized spacial score (nSPS) is 20.1. The molecule has 0 bridgehead atoms. The first-order valence-corrected chi connectivity index (χ1v) is 6.85. The molecule has 2 fully saturated rings. The van der Waals surface area contributed by atoms with Crippen molar-refractivity contribution in [2.75, 3.05) is 7.11 Å². The van der Waals surface area contributed by atoms with E-state index in [4.69, 9.17) is 9.47 Å². The zero-order valence-electron chi connectivity index (χ0n) is 11.3. The maximum Gasteiger partial charge on any atom is 0.314 e. The summed E-state index contributed by atoms with van der Waals surface area (Å²) in [4.78, 5) is 11.6. The molecule has 0 atom stereocenters. The van der Waals surface area contributed by atoms with Crippen molar-refractivity contribution in [3.05, 3.63) is 23.5 Å². The molecule has 3 rings (SSSR count). The lowest BCUT2D eigenvalue weighted by Crippen LogP contribution is -2.42. The van der Waals surface area contributed by atoms with Crippen molar-refractivity contribution in [1.82, 2.24) is 0 Å². The number of methoxy groups -OCH3 is 1. The Morgan fingerprint density at radius 3 is 2.55 bits per heavy atom. The minimum absolute atomic E-state index is 0.0963. The summed E-state index contributed by atoms with van der Waals surface area (Å²) in [6.07, 6.45) is 3.83. The summed E-state index contributed by atoms with van der Waals surface area (Å²) in [5.74, 6) is -0.734. The lowest BCUT2D eigenvalue weighted by molar-refractivity contribution is -0.147. The van der Waals surface area contributed by atoms with Gasteiger partial charge >= 0.3 is 5.97 Å². The van der Waals surface area contributed by atoms with Crippen molar-refractivity contribution in [3.63, 3.8) is 0 Å². The minimum Gasteiger partial charge on any atom is -0.493 e. The van der Waals surface area contributed by atoms with Crippen LogP contribution in [-0.4, -0.2) is 24.3 Å². The van der Waals surface area contributed by atoms with Crippen LogP contribution in [0.15, 0.2) is 12.1 Å². The van der Waals surface area contributed by atoms with Crippen molar-refractivity contribution in [2.45, 2.75) is 43.6 Å². The van der Waals surface area contributed by atoms with E-state index < -0.39 is 17.2 Å². The average Bonchev–Trinajstić information content (AvgIpc) is 3.13. The van der Waals surface area contributed by atoms with E-state index in [1.165, 1.54) is 19.2 Å². The molecule has 1 aromatic rings. The summed E-state index contributed by atoms with van der Waals surface area (Å²) >= 11 is 0. The van der Waals surface area contributed by atoms with Crippen molar-refractivity contribution in [2.24, 2.45) is 0 Å². The SMILES string of the molecule is COc1cc(F)cc(C2(C(=O)O)CCC2)c1OC1CC1. The third kappa shape index (κ3) is 2.01. The second-order valence-corrected chi connectivity index (χ2v) is 5.54. The highest BCUT2D eigenvalue weighted by Crippen LogP contribution is 2.51. The monoisotopic (exact) mass is 280 g/mol. The molecule has 0 radical (unpaired) electrons. The standard InChI is InChI=1S/C15H17FO4/c1-19-12-8-9(16)7-11(13(12)20-10-3-4-10)15(14(17)18)5-2-6-15/h7-8,10H,2-6H2,1H3,(H,17,18). The second-order valence-electron chi connectivity index (χ2n) is 5.54. The van der Waals surface area contributed by atoms with E-state index >= 15 is 0 Å². The molecule has 2 aliphatic carbocycles. The quantitative estimate of drug-likeness (QED) is 0.901. The Bertz CT molecular complexity index is 547. The van der Waals surface area contributed by atoms with Crippen LogP contribution >= 0.6 is 0 Å². The molecular weight excluding hydrogens is 263 g/mol. The number of carboxylic acid groups (broad SMARTS) is 1. The number of hydrogen-bond acceptors (Lipinski definition) is 3. The van der Waals surface area contributed by atoms with Gasteiger partial charge in [0, 0.05) is 11.6 Å². The van der Waals surface area contributed by atoms with E-state index in [0.29, 0.717) is 24.2 Å². The average molecular weight is 280 g/mol. The number of halogens is 1. The molecule has 1 aromatic carbocycles. The summed E-state index contributed by atoms with van der Waals surface area (Å²) in [7, 11) is 1.44. The number of aliphatic carboxylic acids is 1. The van der Waals surface area contributed by atoms with Crippen LogP contribution in [0.5, 0.6) is 11.5 Å². The van der Waals surface area contributed by atoms with Crippen LogP contribution in [0.1, 0.15) is 37.7 Å². The van der Waals surface area contributed by atoms with E-state index in [1.807, 2.05) is 0 Å². The van der Waals surface area contributed by atoms with E-state index in [0.717, 1.165) is 19.3 Å². The van der Waals surface area contributed by atoms with Gasteiger partial charge in [-0.05, 0) is 31.7 Å². The minimum atomic E-state index is -1.03. The predicted octanol–water partition coefficient (Wildman–Crippen LogP) is 2.88. The Morgan fingerprint density at radius 2 is 2.10 bits per heavy atom. The third-order valence-corrected chi connectivity index (χ3v) is 4.18. The fourth-order valence-corrected chi connectivity index (χ4v) is 2.68. The first kappa shape index (κ1) is 13.2. The maximum atomic E-state index is 13.8. The topological polar surface area (TPSA) is 55.8 Å². The molecule has 0 aromatic heterocycles. The molecule has 0 amide bonds. The van der Waals surface area contributed by atoms with Crippen molar-refractivity contribution in [1.29, 1.82) is 0 Å². The Labute approximate surface area is 116 Å². The Kier molecular flexibility index (Phi) is 3.07. The molecule has 4 nitrogen and oxygen atoms in total. The predicted molar refractivity (Wildman–Crippen MR) is 69.8 cm³/mol. The smallest absolute Gasteiger partial charge is 0.314 e. The van der Waals surface area contributed by atoms with Gasteiger partial charge in [-0.1, -0.05) is 6.42 Å². The van der Waals surface area contributed by atoms with E-state index in [9.17, 15) is 14.3 Å². The van der Waals surface area contributed by atoms with Gasteiger partial charge in [-0.2, -0.15) is 0 Å². The Morgan fingerprint density at radius 1 is 1.40 bits per heavy atom. The van der Waals surface area contributed by atoms with Gasteiger partial charge in [-0.3, -0.25) is 4.79 Å². The van der Waals surface area contributed by atoms with Crippen LogP contribution in [0, 0.1) is 5.82 Å². The number of hydrogen-bond donors (Lipinski definition) is 1. The molecule has 0 spiro atoms. The molecule has 20 heavy (non-hydrogen) atoms. The molecule has 5 heteroatoms. The van der Waals surface area contributed by atoms with Crippen LogP contribution < -0.4 is 9.47 Å². The first-order valence-electron chi connectivity index (χ1n) is 6.85. The first-order chi connectivity index (χ1) is 9.56. The van der Waals surface area contributed by atoms with Crippen LogP contribution in [0.3, 0.4) is 0 Å². The Hall–Kier alpha value is -1.78. The lowest BCUT2D eigenvalue weighted by atomic mass is 9.64. The van der Waals surface area contributed by atoms with E-state index in [-0.39, 0.29) is 11.9 Å². The Balaban J connectivity index is 2.11. The number of ether oxygens (including phenoxy) is 2. The molecule has 0 aliphatic heterocycles. The van der Waals surface area contributed by atoms with Gasteiger partial charge in [-0.15, -0.1) is 0 Å². The highest BCUT2D eigenvalue weighted by Gasteiger charge is 2.49. The summed E-state index contributed by atoms with van der Waals surface area (Å²) in [5.41, 5.74) is -0.612. The van der Waals surface area contributed by atoms with Crippen LogP contribution in [0.25, 0.3) is 0 Å². The van der Waals surface area contributed by atoms with E-state index in [1.54, 1.807) is 0 Å².